The van der Waals surface area contributed by atoms with Crippen LogP contribution in [0.25, 0.3) is 16.9 Å². The van der Waals surface area contributed by atoms with Crippen LogP contribution >= 0.6 is 0 Å². The molecule has 0 aliphatic carbocycles. The molecule has 0 atom stereocenters. The van der Waals surface area contributed by atoms with Crippen molar-refractivity contribution in [1.29, 1.82) is 0 Å². The molecule has 0 bridgehead atoms. The smallest absolute Gasteiger partial charge is 0.280 e. The molecule has 1 heterocycles. The first-order chi connectivity index (χ1) is 13.5. The fourth-order valence-electron chi connectivity index (χ4n) is 2.90. The number of rotatable bonds is 7. The highest BCUT2D eigenvalue weighted by atomic mass is 19.1. The number of hydrogen-bond acceptors (Lipinski definition) is 4. The predicted octanol–water partition coefficient (Wildman–Crippen LogP) is 3.44. The summed E-state index contributed by atoms with van der Waals surface area (Å²) in [5, 5.41) is 3.14. The van der Waals surface area contributed by atoms with Crippen LogP contribution in [0.15, 0.2) is 58.3 Å². The number of benzene rings is 2. The average molecular weight is 383 g/mol. The number of aromatic nitrogens is 2. The minimum absolute atomic E-state index is 0.254. The molecule has 28 heavy (non-hydrogen) atoms. The molecule has 0 amide bonds. The summed E-state index contributed by atoms with van der Waals surface area (Å²) in [7, 11) is 3.20. The summed E-state index contributed by atoms with van der Waals surface area (Å²) in [4.78, 5) is 17.6. The van der Waals surface area contributed by atoms with Gasteiger partial charge in [-0.25, -0.2) is 9.07 Å². The van der Waals surface area contributed by atoms with Gasteiger partial charge in [-0.15, -0.1) is 0 Å². The van der Waals surface area contributed by atoms with Gasteiger partial charge in [0.15, 0.2) is 0 Å². The maximum Gasteiger partial charge on any atom is 0.280 e. The van der Waals surface area contributed by atoms with E-state index in [1.807, 2.05) is 24.3 Å². The molecule has 3 aromatic rings. The van der Waals surface area contributed by atoms with E-state index in [9.17, 15) is 9.18 Å². The Morgan fingerprint density at radius 1 is 1.11 bits per heavy atom. The summed E-state index contributed by atoms with van der Waals surface area (Å²) in [6.45, 7) is 2.71. The van der Waals surface area contributed by atoms with Crippen molar-refractivity contribution in [1.82, 2.24) is 9.78 Å². The van der Waals surface area contributed by atoms with Gasteiger partial charge in [0.2, 0.25) is 0 Å². The first-order valence-corrected chi connectivity index (χ1v) is 8.81. The van der Waals surface area contributed by atoms with Crippen LogP contribution in [0.1, 0.15) is 12.5 Å². The van der Waals surface area contributed by atoms with Gasteiger partial charge in [-0.05, 0) is 55.5 Å². The SMILES string of the molecule is COCCN=C(C)c1c(-c2ccc(OC)cc2)[nH]n(-c2ccc(F)cc2)c1=O. The van der Waals surface area contributed by atoms with E-state index in [4.69, 9.17) is 9.47 Å². The molecule has 1 N–H and O–H groups in total. The lowest BCUT2D eigenvalue weighted by atomic mass is 10.1. The third kappa shape index (κ3) is 4.04. The molecule has 7 heteroatoms. The topological polar surface area (TPSA) is 68.6 Å². The highest BCUT2D eigenvalue weighted by Gasteiger charge is 2.19. The number of hydrogen-bond donors (Lipinski definition) is 1. The molecule has 0 aliphatic rings. The maximum absolute atomic E-state index is 13.3. The molecule has 0 aliphatic heterocycles. The molecule has 0 saturated carbocycles. The van der Waals surface area contributed by atoms with Gasteiger partial charge < -0.3 is 9.47 Å². The fraction of sp³-hybridized carbons (Fsp3) is 0.238. The zero-order valence-corrected chi connectivity index (χ0v) is 16.0. The molecule has 1 aromatic heterocycles. The van der Waals surface area contributed by atoms with E-state index in [1.54, 1.807) is 33.3 Å². The van der Waals surface area contributed by atoms with Gasteiger partial charge in [0.25, 0.3) is 5.56 Å². The van der Waals surface area contributed by atoms with Crippen molar-refractivity contribution >= 4 is 5.71 Å². The standard InChI is InChI=1S/C21H22FN3O3/c1-14(23-12-13-27-2)19-20(15-4-10-18(28-3)11-5-15)24-25(21(19)26)17-8-6-16(22)7-9-17/h4-11,24H,12-13H2,1-3H3. The summed E-state index contributed by atoms with van der Waals surface area (Å²) in [6, 6.07) is 13.1. The van der Waals surface area contributed by atoms with Gasteiger partial charge in [-0.2, -0.15) is 0 Å². The second kappa shape index (κ2) is 8.67. The zero-order chi connectivity index (χ0) is 20.1. The Labute approximate surface area is 162 Å². The molecular formula is C21H22FN3O3. The van der Waals surface area contributed by atoms with Crippen LogP contribution in [0.3, 0.4) is 0 Å². The third-order valence-corrected chi connectivity index (χ3v) is 4.36. The minimum atomic E-state index is -0.365. The van der Waals surface area contributed by atoms with Gasteiger partial charge in [-0.1, -0.05) is 0 Å². The summed E-state index contributed by atoms with van der Waals surface area (Å²) in [6.07, 6.45) is 0. The van der Waals surface area contributed by atoms with Gasteiger partial charge >= 0.3 is 0 Å². The quantitative estimate of drug-likeness (QED) is 0.502. The number of methoxy groups -OCH3 is 2. The van der Waals surface area contributed by atoms with Crippen LogP contribution < -0.4 is 10.3 Å². The molecule has 0 fully saturated rings. The number of aliphatic imine (C=N–C) groups is 1. The second-order valence-corrected chi connectivity index (χ2v) is 6.17. The number of aromatic amines is 1. The van der Waals surface area contributed by atoms with E-state index < -0.39 is 0 Å². The van der Waals surface area contributed by atoms with E-state index >= 15 is 0 Å². The lowest BCUT2D eigenvalue weighted by Gasteiger charge is -2.05. The van der Waals surface area contributed by atoms with E-state index in [2.05, 4.69) is 10.1 Å². The van der Waals surface area contributed by atoms with Crippen LogP contribution in [-0.2, 0) is 4.74 Å². The Hall–Kier alpha value is -3.19. The largest absolute Gasteiger partial charge is 0.497 e. The molecule has 2 aromatic carbocycles. The first kappa shape index (κ1) is 19.6. The van der Waals surface area contributed by atoms with E-state index in [1.165, 1.54) is 16.8 Å². The number of H-pyrrole nitrogens is 1. The molecule has 0 spiro atoms. The lowest BCUT2D eigenvalue weighted by molar-refractivity contribution is 0.208. The fourth-order valence-corrected chi connectivity index (χ4v) is 2.90. The Morgan fingerprint density at radius 3 is 2.39 bits per heavy atom. The van der Waals surface area contributed by atoms with Crippen molar-refractivity contribution in [3.8, 4) is 22.7 Å². The van der Waals surface area contributed by atoms with Crippen molar-refractivity contribution in [3.63, 3.8) is 0 Å². The van der Waals surface area contributed by atoms with Crippen LogP contribution in [0.5, 0.6) is 5.75 Å². The number of nitrogens with one attached hydrogen (secondary N) is 1. The number of ether oxygens (including phenoxy) is 2. The highest BCUT2D eigenvalue weighted by Crippen LogP contribution is 2.24. The molecular weight excluding hydrogens is 361 g/mol. The second-order valence-electron chi connectivity index (χ2n) is 6.17. The molecule has 0 radical (unpaired) electrons. The van der Waals surface area contributed by atoms with Crippen LogP contribution in [0, 0.1) is 5.82 Å². The Morgan fingerprint density at radius 2 is 1.79 bits per heavy atom. The van der Waals surface area contributed by atoms with Crippen molar-refractivity contribution in [2.24, 2.45) is 4.99 Å². The molecule has 146 valence electrons. The first-order valence-electron chi connectivity index (χ1n) is 8.81. The van der Waals surface area contributed by atoms with Crippen molar-refractivity contribution < 1.29 is 13.9 Å². The van der Waals surface area contributed by atoms with Crippen LogP contribution in [0.2, 0.25) is 0 Å². The molecule has 0 unspecified atom stereocenters. The molecule has 3 rings (SSSR count). The summed E-state index contributed by atoms with van der Waals surface area (Å²) in [5.74, 6) is 0.354. The minimum Gasteiger partial charge on any atom is -0.497 e. The van der Waals surface area contributed by atoms with Gasteiger partial charge in [0, 0.05) is 18.4 Å². The Kier molecular flexibility index (Phi) is 6.06. The van der Waals surface area contributed by atoms with Gasteiger partial charge in [0.05, 0.1) is 37.2 Å². The highest BCUT2D eigenvalue weighted by molar-refractivity contribution is 6.03. The number of nitrogens with zero attached hydrogens (tertiary/aromatic N) is 2. The zero-order valence-electron chi connectivity index (χ0n) is 16.0. The van der Waals surface area contributed by atoms with Crippen LogP contribution in [-0.4, -0.2) is 42.9 Å². The van der Waals surface area contributed by atoms with Crippen LogP contribution in [0.4, 0.5) is 4.39 Å². The summed E-state index contributed by atoms with van der Waals surface area (Å²) in [5.41, 5.74) is 2.80. The summed E-state index contributed by atoms with van der Waals surface area (Å²) < 4.78 is 24.9. The van der Waals surface area contributed by atoms with E-state index in [0.717, 1.165) is 11.3 Å². The monoisotopic (exact) mass is 383 g/mol. The summed E-state index contributed by atoms with van der Waals surface area (Å²) >= 11 is 0. The molecule has 0 saturated heterocycles. The maximum atomic E-state index is 13.3. The third-order valence-electron chi connectivity index (χ3n) is 4.36. The van der Waals surface area contributed by atoms with E-state index in [0.29, 0.717) is 35.8 Å². The van der Waals surface area contributed by atoms with Gasteiger partial charge in [0.1, 0.15) is 11.6 Å². The van der Waals surface area contributed by atoms with Crippen molar-refractivity contribution in [2.75, 3.05) is 27.4 Å². The lowest BCUT2D eigenvalue weighted by Crippen LogP contribution is -2.20. The Balaban J connectivity index is 2.15. The Bertz CT molecular complexity index is 1020. The normalized spacial score (nSPS) is 11.6. The van der Waals surface area contributed by atoms with Gasteiger partial charge in [-0.3, -0.25) is 14.9 Å². The van der Waals surface area contributed by atoms with Crippen molar-refractivity contribution in [3.05, 3.63) is 70.3 Å². The number of halogens is 1. The molecule has 6 nitrogen and oxygen atoms in total. The van der Waals surface area contributed by atoms with Crippen molar-refractivity contribution in [2.45, 2.75) is 6.92 Å². The predicted molar refractivity (Wildman–Crippen MR) is 107 cm³/mol. The average Bonchev–Trinajstić information content (AvgIpc) is 3.06. The van der Waals surface area contributed by atoms with E-state index in [-0.39, 0.29) is 11.4 Å².